The van der Waals surface area contributed by atoms with Gasteiger partial charge in [0.15, 0.2) is 0 Å². The fourth-order valence-corrected chi connectivity index (χ4v) is 10.9. The van der Waals surface area contributed by atoms with Gasteiger partial charge in [-0.15, -0.1) is 0 Å². The Kier molecular flexibility index (Phi) is 5.62. The first-order valence-corrected chi connectivity index (χ1v) is 17.9. The Morgan fingerprint density at radius 2 is 0.714 bits per heavy atom. The topological polar surface area (TPSA) is 9.86 Å². The van der Waals surface area contributed by atoms with Crippen LogP contribution in [-0.2, 0) is 16.2 Å². The minimum Gasteiger partial charge on any atom is -0.309 e. The zero-order chi connectivity index (χ0) is 33.4. The van der Waals surface area contributed by atoms with Gasteiger partial charge in [-0.2, -0.15) is 0 Å². The molecule has 10 rings (SSSR count). The smallest absolute Gasteiger partial charge is 0.0541 e. The maximum atomic E-state index is 2.53. The number of benzene rings is 6. The van der Waals surface area contributed by atoms with Crippen LogP contribution in [0.2, 0.25) is 0 Å². The summed E-state index contributed by atoms with van der Waals surface area (Å²) >= 11 is 0. The van der Waals surface area contributed by atoms with Gasteiger partial charge < -0.3 is 9.13 Å². The van der Waals surface area contributed by atoms with Crippen LogP contribution in [0.15, 0.2) is 121 Å². The first-order chi connectivity index (χ1) is 23.6. The summed E-state index contributed by atoms with van der Waals surface area (Å²) in [6, 6.07) is 45.4. The van der Waals surface area contributed by atoms with Gasteiger partial charge in [0.1, 0.15) is 0 Å². The summed E-state index contributed by atoms with van der Waals surface area (Å²) in [4.78, 5) is 0. The molecule has 6 aromatic carbocycles. The van der Waals surface area contributed by atoms with Crippen LogP contribution in [0.1, 0.15) is 73.9 Å². The third-order valence-electron chi connectivity index (χ3n) is 12.4. The molecule has 240 valence electrons. The lowest BCUT2D eigenvalue weighted by atomic mass is 9.70. The number of aromatic nitrogens is 2. The number of hydrogen-bond donors (Lipinski definition) is 0. The molecule has 0 atom stereocenters. The minimum absolute atomic E-state index is 0.0480. The van der Waals surface area contributed by atoms with Crippen molar-refractivity contribution >= 4 is 43.6 Å². The lowest BCUT2D eigenvalue weighted by molar-refractivity contribution is 0.348. The molecule has 2 nitrogen and oxygen atoms in total. The zero-order valence-corrected chi connectivity index (χ0v) is 29.4. The van der Waals surface area contributed by atoms with E-state index in [4.69, 9.17) is 0 Å². The van der Waals surface area contributed by atoms with Crippen molar-refractivity contribution < 1.29 is 0 Å². The van der Waals surface area contributed by atoms with E-state index in [-0.39, 0.29) is 16.2 Å². The van der Waals surface area contributed by atoms with Crippen molar-refractivity contribution in [2.24, 2.45) is 0 Å². The van der Waals surface area contributed by atoms with Gasteiger partial charge in [0.25, 0.3) is 0 Å². The highest BCUT2D eigenvalue weighted by Crippen LogP contribution is 2.65. The van der Waals surface area contributed by atoms with Crippen molar-refractivity contribution in [1.29, 1.82) is 0 Å². The molecule has 0 aliphatic heterocycles. The van der Waals surface area contributed by atoms with Gasteiger partial charge in [0, 0.05) is 38.3 Å². The van der Waals surface area contributed by atoms with Crippen molar-refractivity contribution in [1.82, 2.24) is 9.13 Å². The summed E-state index contributed by atoms with van der Waals surface area (Å²) < 4.78 is 5.06. The molecule has 2 aliphatic rings. The predicted octanol–water partition coefficient (Wildman–Crippen LogP) is 12.1. The summed E-state index contributed by atoms with van der Waals surface area (Å²) in [5.74, 6) is 0. The van der Waals surface area contributed by atoms with Gasteiger partial charge in [-0.25, -0.2) is 0 Å². The summed E-state index contributed by atoms with van der Waals surface area (Å²) in [6.45, 7) is 14.8. The molecule has 2 heterocycles. The number of hydrogen-bond acceptors (Lipinski definition) is 0. The third kappa shape index (κ3) is 3.62. The molecule has 0 amide bonds. The summed E-state index contributed by atoms with van der Waals surface area (Å²) in [5.41, 5.74) is 16.7. The Morgan fingerprint density at radius 3 is 1.04 bits per heavy atom. The fraction of sp³-hybridized carbons (Fsp3) is 0.234. The highest BCUT2D eigenvalue weighted by atomic mass is 15.0. The SMILES string of the molecule is Cc1c(-n2c3ccccc3c3ccccc32)ccc2c1C1(CC2(C)C)CC(C)(C)c2ccc(-n3c4ccccc4c4ccccc43)c(C)c21. The molecule has 49 heavy (non-hydrogen) atoms. The molecule has 0 fully saturated rings. The lowest BCUT2D eigenvalue weighted by Crippen LogP contribution is -2.28. The van der Waals surface area contributed by atoms with Crippen LogP contribution in [0.3, 0.4) is 0 Å². The Bertz CT molecular complexity index is 2400. The van der Waals surface area contributed by atoms with Gasteiger partial charge in [-0.05, 0) is 107 Å². The molecule has 0 N–H and O–H groups in total. The van der Waals surface area contributed by atoms with Gasteiger partial charge in [0.2, 0.25) is 0 Å². The third-order valence-corrected chi connectivity index (χ3v) is 12.4. The summed E-state index contributed by atoms with van der Waals surface area (Å²) in [5, 5.41) is 5.25. The number of fused-ring (bicyclic) bond motifs is 10. The second kappa shape index (κ2) is 9.54. The van der Waals surface area contributed by atoms with E-state index < -0.39 is 0 Å². The van der Waals surface area contributed by atoms with Crippen molar-refractivity contribution in [3.8, 4) is 11.4 Å². The highest BCUT2D eigenvalue weighted by Gasteiger charge is 2.57. The van der Waals surface area contributed by atoms with Crippen LogP contribution in [0.4, 0.5) is 0 Å². The highest BCUT2D eigenvalue weighted by molar-refractivity contribution is 6.10. The first-order valence-electron chi connectivity index (χ1n) is 17.9. The second-order valence-corrected chi connectivity index (χ2v) is 16.2. The molecular weight excluding hydrogens is 593 g/mol. The van der Waals surface area contributed by atoms with Gasteiger partial charge in [-0.3, -0.25) is 0 Å². The maximum Gasteiger partial charge on any atom is 0.0541 e. The van der Waals surface area contributed by atoms with Gasteiger partial charge >= 0.3 is 0 Å². The Hall–Kier alpha value is -5.08. The van der Waals surface area contributed by atoms with Gasteiger partial charge in [-0.1, -0.05) is 113 Å². The van der Waals surface area contributed by atoms with Crippen LogP contribution in [0.25, 0.3) is 55.0 Å². The van der Waals surface area contributed by atoms with E-state index in [1.54, 1.807) is 11.1 Å². The van der Waals surface area contributed by atoms with E-state index in [0.29, 0.717) is 0 Å². The Labute approximate surface area is 288 Å². The minimum atomic E-state index is -0.0879. The van der Waals surface area contributed by atoms with Crippen LogP contribution in [0, 0.1) is 13.8 Å². The van der Waals surface area contributed by atoms with Crippen LogP contribution < -0.4 is 0 Å². The molecule has 2 heteroatoms. The molecule has 1 spiro atoms. The van der Waals surface area contributed by atoms with Crippen molar-refractivity contribution in [2.45, 2.75) is 70.6 Å². The average molecular weight is 635 g/mol. The number of rotatable bonds is 2. The van der Waals surface area contributed by atoms with E-state index in [1.807, 2.05) is 0 Å². The zero-order valence-electron chi connectivity index (χ0n) is 29.4. The summed E-state index contributed by atoms with van der Waals surface area (Å²) in [6.07, 6.45) is 2.22. The standard InChI is InChI=1S/C47H42N2/c1-29-37(48-39-19-11-7-15-31(39)32-16-8-12-20-40(32)48)25-23-35-43(29)47(27-45(35,3)4)28-46(5,6)36-24-26-38(30(2)44(36)47)49-41-21-13-9-17-33(41)34-18-10-14-22-42(34)49/h7-26H,27-28H2,1-6H3. The van der Waals surface area contributed by atoms with E-state index in [1.165, 1.54) is 77.2 Å². The molecule has 0 saturated carbocycles. The number of nitrogens with zero attached hydrogens (tertiary/aromatic N) is 2. The molecule has 0 radical (unpaired) electrons. The van der Waals surface area contributed by atoms with Crippen LogP contribution in [0.5, 0.6) is 0 Å². The quantitative estimate of drug-likeness (QED) is 0.179. The molecule has 8 aromatic rings. The number of para-hydroxylation sites is 4. The van der Waals surface area contributed by atoms with Crippen molar-refractivity contribution in [3.63, 3.8) is 0 Å². The Morgan fingerprint density at radius 1 is 0.408 bits per heavy atom. The Balaban J connectivity index is 1.29. The second-order valence-electron chi connectivity index (χ2n) is 16.2. The molecule has 2 aliphatic carbocycles. The van der Waals surface area contributed by atoms with E-state index in [0.717, 1.165) is 12.8 Å². The molecule has 0 saturated heterocycles. The molecular formula is C47H42N2. The molecule has 0 unspecified atom stereocenters. The largest absolute Gasteiger partial charge is 0.309 e. The normalized spacial score (nSPS) is 17.1. The van der Waals surface area contributed by atoms with Gasteiger partial charge in [0.05, 0.1) is 22.1 Å². The molecule has 2 aromatic heterocycles. The fourth-order valence-electron chi connectivity index (χ4n) is 10.9. The van der Waals surface area contributed by atoms with E-state index >= 15 is 0 Å². The van der Waals surface area contributed by atoms with E-state index in [9.17, 15) is 0 Å². The summed E-state index contributed by atoms with van der Waals surface area (Å²) in [7, 11) is 0. The van der Waals surface area contributed by atoms with Crippen molar-refractivity contribution in [2.75, 3.05) is 0 Å². The maximum absolute atomic E-state index is 2.53. The van der Waals surface area contributed by atoms with Crippen molar-refractivity contribution in [3.05, 3.63) is 155 Å². The monoisotopic (exact) mass is 634 g/mol. The predicted molar refractivity (Wildman–Crippen MR) is 207 cm³/mol. The molecule has 0 bridgehead atoms. The average Bonchev–Trinajstić information content (AvgIpc) is 3.75. The first kappa shape index (κ1) is 28.9. The van der Waals surface area contributed by atoms with Crippen LogP contribution in [-0.4, -0.2) is 9.13 Å². The van der Waals surface area contributed by atoms with E-state index in [2.05, 4.69) is 172 Å². The lowest BCUT2D eigenvalue weighted by Gasteiger charge is -2.33. The van der Waals surface area contributed by atoms with Crippen LogP contribution >= 0.6 is 0 Å².